The van der Waals surface area contributed by atoms with Gasteiger partial charge in [-0.25, -0.2) is 9.37 Å². The molecule has 20 heavy (non-hydrogen) atoms. The number of hydrogen-bond donors (Lipinski definition) is 0. The van der Waals surface area contributed by atoms with Crippen molar-refractivity contribution in [2.45, 2.75) is 26.4 Å². The van der Waals surface area contributed by atoms with Gasteiger partial charge in [-0.3, -0.25) is 4.79 Å². The van der Waals surface area contributed by atoms with Gasteiger partial charge >= 0.3 is 0 Å². The summed E-state index contributed by atoms with van der Waals surface area (Å²) in [7, 11) is 0. The molecule has 2 rings (SSSR count). The van der Waals surface area contributed by atoms with Crippen molar-refractivity contribution in [1.82, 2.24) is 9.36 Å². The highest BCUT2D eigenvalue weighted by Crippen LogP contribution is 2.26. The molecule has 0 radical (unpaired) electrons. The number of rotatable bonds is 5. The van der Waals surface area contributed by atoms with E-state index in [0.717, 1.165) is 11.5 Å². The first kappa shape index (κ1) is 15.1. The molecule has 0 aliphatic rings. The molecular weight excluding hydrogens is 347 g/mol. The maximum Gasteiger partial charge on any atom is 0.182 e. The zero-order valence-corrected chi connectivity index (χ0v) is 13.3. The van der Waals surface area contributed by atoms with Gasteiger partial charge in [0.05, 0.1) is 6.42 Å². The topological polar surface area (TPSA) is 52.1 Å². The van der Waals surface area contributed by atoms with Crippen molar-refractivity contribution in [2.24, 2.45) is 0 Å². The van der Waals surface area contributed by atoms with Crippen LogP contribution in [0, 0.1) is 5.82 Å². The van der Waals surface area contributed by atoms with E-state index in [1.165, 1.54) is 13.0 Å². The van der Waals surface area contributed by atoms with Crippen LogP contribution in [-0.2, 0) is 11.2 Å². The lowest BCUT2D eigenvalue weighted by atomic mass is 10.3. The van der Waals surface area contributed by atoms with Crippen LogP contribution in [0.5, 0.6) is 5.75 Å². The highest BCUT2D eigenvalue weighted by molar-refractivity contribution is 9.10. The van der Waals surface area contributed by atoms with E-state index >= 15 is 0 Å². The molecule has 106 valence electrons. The first-order valence-electron chi connectivity index (χ1n) is 5.89. The van der Waals surface area contributed by atoms with Gasteiger partial charge in [-0.15, -0.1) is 0 Å². The molecule has 0 N–H and O–H groups in total. The summed E-state index contributed by atoms with van der Waals surface area (Å²) in [6.07, 6.45) is -0.223. The first-order chi connectivity index (χ1) is 9.45. The van der Waals surface area contributed by atoms with E-state index in [2.05, 4.69) is 25.3 Å². The van der Waals surface area contributed by atoms with Crippen molar-refractivity contribution in [2.75, 3.05) is 0 Å². The molecule has 0 saturated carbocycles. The number of ketones is 1. The molecule has 2 aromatic rings. The van der Waals surface area contributed by atoms with Crippen LogP contribution in [-0.4, -0.2) is 15.1 Å². The zero-order chi connectivity index (χ0) is 14.7. The van der Waals surface area contributed by atoms with Crippen molar-refractivity contribution in [3.05, 3.63) is 39.3 Å². The standard InChI is InChI=1S/C13H12BrFN2O2S/c1-7(18)5-12-16-13(17-20-12)8(2)19-11-4-3-9(14)6-10(11)15/h3-4,6,8H,5H2,1-2H3/t8-/m0/s1. The fraction of sp³-hybridized carbons (Fsp3) is 0.308. The number of Topliss-reactive ketones (excluding diaryl/α,β-unsaturated/α-hetero) is 1. The third-order valence-corrected chi connectivity index (χ3v) is 3.66. The van der Waals surface area contributed by atoms with Crippen LogP contribution in [0.25, 0.3) is 0 Å². The molecule has 4 nitrogen and oxygen atoms in total. The second-order valence-corrected chi connectivity index (χ2v) is 6.01. The van der Waals surface area contributed by atoms with Crippen molar-refractivity contribution in [3.8, 4) is 5.75 Å². The summed E-state index contributed by atoms with van der Waals surface area (Å²) in [6.45, 7) is 3.24. The highest BCUT2D eigenvalue weighted by Gasteiger charge is 2.16. The van der Waals surface area contributed by atoms with Gasteiger partial charge in [0, 0.05) is 4.47 Å². The van der Waals surface area contributed by atoms with Crippen LogP contribution in [0.4, 0.5) is 4.39 Å². The first-order valence-corrected chi connectivity index (χ1v) is 7.46. The Balaban J connectivity index is 2.09. The fourth-order valence-electron chi connectivity index (χ4n) is 1.53. The van der Waals surface area contributed by atoms with Crippen LogP contribution in [0.2, 0.25) is 0 Å². The molecule has 0 saturated heterocycles. The Labute approximate surface area is 128 Å². The fourth-order valence-corrected chi connectivity index (χ4v) is 2.66. The Hall–Kier alpha value is -1.34. The average molecular weight is 359 g/mol. The summed E-state index contributed by atoms with van der Waals surface area (Å²) in [4.78, 5) is 15.2. The summed E-state index contributed by atoms with van der Waals surface area (Å²) >= 11 is 4.34. The molecule has 0 aliphatic carbocycles. The maximum absolute atomic E-state index is 13.7. The number of benzene rings is 1. The molecule has 1 heterocycles. The largest absolute Gasteiger partial charge is 0.480 e. The molecule has 1 aromatic carbocycles. The summed E-state index contributed by atoms with van der Waals surface area (Å²) in [5.41, 5.74) is 0. The summed E-state index contributed by atoms with van der Waals surface area (Å²) in [5.74, 6) is 0.169. The number of halogens is 2. The Morgan fingerprint density at radius 2 is 2.30 bits per heavy atom. The smallest absolute Gasteiger partial charge is 0.182 e. The number of carbonyl (C=O) groups excluding carboxylic acids is 1. The minimum atomic E-state index is -0.484. The van der Waals surface area contributed by atoms with Gasteiger partial charge in [-0.2, -0.15) is 4.37 Å². The van der Waals surface area contributed by atoms with Crippen molar-refractivity contribution < 1.29 is 13.9 Å². The van der Waals surface area contributed by atoms with Crippen LogP contribution in [0.1, 0.15) is 30.8 Å². The van der Waals surface area contributed by atoms with E-state index in [9.17, 15) is 9.18 Å². The van der Waals surface area contributed by atoms with Gasteiger partial charge in [0.2, 0.25) is 0 Å². The predicted octanol–water partition coefficient (Wildman–Crippen LogP) is 3.71. The van der Waals surface area contributed by atoms with E-state index in [0.29, 0.717) is 15.3 Å². The zero-order valence-electron chi connectivity index (χ0n) is 10.9. The monoisotopic (exact) mass is 358 g/mol. The van der Waals surface area contributed by atoms with Crippen LogP contribution < -0.4 is 4.74 Å². The Morgan fingerprint density at radius 3 is 2.95 bits per heavy atom. The molecule has 0 spiro atoms. The SMILES string of the molecule is CC(=O)Cc1nc([C@H](C)Oc2ccc(Br)cc2F)ns1. The minimum absolute atomic E-state index is 0.0280. The van der Waals surface area contributed by atoms with E-state index in [-0.39, 0.29) is 18.0 Å². The van der Waals surface area contributed by atoms with Gasteiger partial charge in [0.25, 0.3) is 0 Å². The van der Waals surface area contributed by atoms with E-state index in [4.69, 9.17) is 4.74 Å². The number of nitrogens with zero attached hydrogens (tertiary/aromatic N) is 2. The van der Waals surface area contributed by atoms with E-state index in [1.807, 2.05) is 0 Å². The van der Waals surface area contributed by atoms with Crippen molar-refractivity contribution >= 4 is 33.2 Å². The molecule has 7 heteroatoms. The third-order valence-electron chi connectivity index (χ3n) is 2.45. The Morgan fingerprint density at radius 1 is 1.55 bits per heavy atom. The Kier molecular flexibility index (Phi) is 4.82. The molecule has 0 unspecified atom stereocenters. The van der Waals surface area contributed by atoms with Crippen LogP contribution in [0.15, 0.2) is 22.7 Å². The lowest BCUT2D eigenvalue weighted by Gasteiger charge is -2.12. The maximum atomic E-state index is 13.7. The van der Waals surface area contributed by atoms with Gasteiger partial charge in [-0.1, -0.05) is 15.9 Å². The normalized spacial score (nSPS) is 12.2. The molecular formula is C13H12BrFN2O2S. The van der Waals surface area contributed by atoms with Crippen molar-refractivity contribution in [1.29, 1.82) is 0 Å². The molecule has 0 fully saturated rings. The lowest BCUT2D eigenvalue weighted by Crippen LogP contribution is -2.06. The lowest BCUT2D eigenvalue weighted by molar-refractivity contribution is -0.116. The molecule has 1 atom stereocenters. The van der Waals surface area contributed by atoms with Crippen LogP contribution in [0.3, 0.4) is 0 Å². The predicted molar refractivity (Wildman–Crippen MR) is 77.4 cm³/mol. The Bertz CT molecular complexity index is 633. The number of aromatic nitrogens is 2. The quantitative estimate of drug-likeness (QED) is 0.817. The molecule has 0 amide bonds. The summed E-state index contributed by atoms with van der Waals surface area (Å²) in [6, 6.07) is 4.57. The minimum Gasteiger partial charge on any atom is -0.480 e. The van der Waals surface area contributed by atoms with Gasteiger partial charge in [0.15, 0.2) is 23.5 Å². The van der Waals surface area contributed by atoms with Gasteiger partial charge < -0.3 is 4.74 Å². The second kappa shape index (κ2) is 6.41. The second-order valence-electron chi connectivity index (χ2n) is 4.26. The summed E-state index contributed by atoms with van der Waals surface area (Å²) in [5, 5.41) is 0.638. The molecule has 0 bridgehead atoms. The molecule has 1 aromatic heterocycles. The number of hydrogen-bond acceptors (Lipinski definition) is 5. The van der Waals surface area contributed by atoms with E-state index < -0.39 is 11.9 Å². The van der Waals surface area contributed by atoms with Gasteiger partial charge in [0.1, 0.15) is 10.8 Å². The van der Waals surface area contributed by atoms with Crippen molar-refractivity contribution in [3.63, 3.8) is 0 Å². The van der Waals surface area contributed by atoms with Crippen LogP contribution >= 0.6 is 27.5 Å². The summed E-state index contributed by atoms with van der Waals surface area (Å²) < 4.78 is 23.9. The average Bonchev–Trinajstić information content (AvgIpc) is 2.80. The highest BCUT2D eigenvalue weighted by atomic mass is 79.9. The molecule has 0 aliphatic heterocycles. The van der Waals surface area contributed by atoms with E-state index in [1.54, 1.807) is 19.1 Å². The number of ether oxygens (including phenoxy) is 1. The van der Waals surface area contributed by atoms with Gasteiger partial charge in [-0.05, 0) is 43.6 Å². The third kappa shape index (κ3) is 3.83. The number of carbonyl (C=O) groups is 1.